The zero-order valence-corrected chi connectivity index (χ0v) is 12.6. The number of nitrogens with zero attached hydrogens (tertiary/aromatic N) is 3. The quantitative estimate of drug-likeness (QED) is 0.886. The first kappa shape index (κ1) is 14.4. The van der Waals surface area contributed by atoms with Crippen molar-refractivity contribution in [2.75, 3.05) is 12.4 Å². The van der Waals surface area contributed by atoms with Gasteiger partial charge in [0.2, 0.25) is 0 Å². The number of ether oxygens (including phenoxy) is 1. The smallest absolute Gasteiger partial charge is 0.319 e. The minimum atomic E-state index is -0.283. The van der Waals surface area contributed by atoms with Gasteiger partial charge in [-0.15, -0.1) is 5.10 Å². The molecule has 0 aliphatic heterocycles. The fourth-order valence-corrected chi connectivity index (χ4v) is 2.43. The summed E-state index contributed by atoms with van der Waals surface area (Å²) >= 11 is 0. The van der Waals surface area contributed by atoms with Crippen molar-refractivity contribution in [1.29, 1.82) is 0 Å². The number of urea groups is 1. The highest BCUT2D eigenvalue weighted by Gasteiger charge is 2.34. The molecule has 0 saturated heterocycles. The normalized spacial score (nSPS) is 15.2. The third-order valence-corrected chi connectivity index (χ3v) is 3.62. The van der Waals surface area contributed by atoms with Crippen LogP contribution in [0.4, 0.5) is 10.5 Å². The average Bonchev–Trinajstić information content (AvgIpc) is 3.29. The Morgan fingerprint density at radius 1 is 1.45 bits per heavy atom. The lowest BCUT2D eigenvalue weighted by Crippen LogP contribution is -2.34. The molecule has 116 valence electrons. The van der Waals surface area contributed by atoms with Crippen LogP contribution in [0.25, 0.3) is 0 Å². The molecule has 1 saturated carbocycles. The first-order valence-electron chi connectivity index (χ1n) is 7.23. The highest BCUT2D eigenvalue weighted by Crippen LogP contribution is 2.40. The van der Waals surface area contributed by atoms with E-state index in [1.54, 1.807) is 24.1 Å². The molecule has 7 nitrogen and oxygen atoms in total. The number of nitrogens with one attached hydrogen (secondary N) is 2. The Hall–Kier alpha value is -2.57. The lowest BCUT2D eigenvalue weighted by Gasteiger charge is -2.18. The maximum atomic E-state index is 12.3. The van der Waals surface area contributed by atoms with Crippen molar-refractivity contribution in [2.24, 2.45) is 13.0 Å². The molecule has 1 aliphatic rings. The number of hydrogen-bond acceptors (Lipinski definition) is 4. The largest absolute Gasteiger partial charge is 0.478 e. The Bertz CT molecular complexity index is 651. The Morgan fingerprint density at radius 3 is 2.91 bits per heavy atom. The molecule has 2 aromatic rings. The zero-order chi connectivity index (χ0) is 15.5. The molecular formula is C15H19N5O2. The number of pyridine rings is 1. The molecule has 2 heterocycles. The van der Waals surface area contributed by atoms with Crippen LogP contribution >= 0.6 is 0 Å². The molecule has 2 N–H and O–H groups in total. The number of anilines is 1. The number of rotatable bonds is 5. The molecule has 1 unspecified atom stereocenters. The summed E-state index contributed by atoms with van der Waals surface area (Å²) in [7, 11) is 3.29. The predicted molar refractivity (Wildman–Crippen MR) is 81.6 cm³/mol. The van der Waals surface area contributed by atoms with Crippen LogP contribution in [0.2, 0.25) is 0 Å². The standard InChI is InChI=1S/C15H19N5O2/c1-20-9-12(14(19-20)22-2)17-15(21)18-13(10-6-7-10)11-5-3-4-8-16-11/h3-5,8-10,13H,6-7H2,1-2H3,(H2,17,18,21). The zero-order valence-electron chi connectivity index (χ0n) is 12.6. The summed E-state index contributed by atoms with van der Waals surface area (Å²) in [6.07, 6.45) is 5.66. The summed E-state index contributed by atoms with van der Waals surface area (Å²) < 4.78 is 6.72. The van der Waals surface area contributed by atoms with Gasteiger partial charge in [0.25, 0.3) is 5.88 Å². The van der Waals surface area contributed by atoms with E-state index in [0.717, 1.165) is 18.5 Å². The molecule has 0 bridgehead atoms. The van der Waals surface area contributed by atoms with E-state index in [1.807, 2.05) is 18.2 Å². The van der Waals surface area contributed by atoms with Crippen LogP contribution in [0.3, 0.4) is 0 Å². The van der Waals surface area contributed by atoms with Crippen LogP contribution in [-0.2, 0) is 7.05 Å². The Morgan fingerprint density at radius 2 is 2.27 bits per heavy atom. The Kier molecular flexibility index (Phi) is 3.95. The number of methoxy groups -OCH3 is 1. The number of carbonyl (C=O) groups excluding carboxylic acids is 1. The van der Waals surface area contributed by atoms with E-state index in [-0.39, 0.29) is 12.1 Å². The molecule has 22 heavy (non-hydrogen) atoms. The van der Waals surface area contributed by atoms with Crippen molar-refractivity contribution in [3.05, 3.63) is 36.3 Å². The molecular weight excluding hydrogens is 282 g/mol. The van der Waals surface area contributed by atoms with Gasteiger partial charge in [-0.2, -0.15) is 0 Å². The number of carbonyl (C=O) groups is 1. The van der Waals surface area contributed by atoms with Crippen molar-refractivity contribution < 1.29 is 9.53 Å². The van der Waals surface area contributed by atoms with Crippen LogP contribution in [0.15, 0.2) is 30.6 Å². The van der Waals surface area contributed by atoms with Crippen LogP contribution in [0.1, 0.15) is 24.6 Å². The van der Waals surface area contributed by atoms with Crippen LogP contribution in [-0.4, -0.2) is 27.9 Å². The van der Waals surface area contributed by atoms with Gasteiger partial charge in [-0.05, 0) is 30.9 Å². The second-order valence-corrected chi connectivity index (χ2v) is 5.39. The van der Waals surface area contributed by atoms with Gasteiger partial charge in [0.15, 0.2) is 0 Å². The van der Waals surface area contributed by atoms with Crippen molar-refractivity contribution in [3.63, 3.8) is 0 Å². The molecule has 7 heteroatoms. The summed E-state index contributed by atoms with van der Waals surface area (Å²) in [6.45, 7) is 0. The third-order valence-electron chi connectivity index (χ3n) is 3.62. The van der Waals surface area contributed by atoms with E-state index < -0.39 is 0 Å². The highest BCUT2D eigenvalue weighted by atomic mass is 16.5. The minimum absolute atomic E-state index is 0.0659. The topological polar surface area (TPSA) is 81.1 Å². The number of aryl methyl sites for hydroxylation is 1. The first-order valence-corrected chi connectivity index (χ1v) is 7.23. The number of aromatic nitrogens is 3. The molecule has 0 spiro atoms. The molecule has 0 aromatic carbocycles. The Labute approximate surface area is 128 Å². The maximum absolute atomic E-state index is 12.3. The van der Waals surface area contributed by atoms with Gasteiger partial charge >= 0.3 is 6.03 Å². The number of hydrogen-bond donors (Lipinski definition) is 2. The van der Waals surface area contributed by atoms with Gasteiger partial charge < -0.3 is 15.4 Å². The Balaban J connectivity index is 1.69. The predicted octanol–water partition coefficient (Wildman–Crippen LogP) is 2.10. The van der Waals surface area contributed by atoms with Gasteiger partial charge in [-0.25, -0.2) is 4.79 Å². The fourth-order valence-electron chi connectivity index (χ4n) is 2.43. The highest BCUT2D eigenvalue weighted by molar-refractivity contribution is 5.90. The molecule has 1 fully saturated rings. The van der Waals surface area contributed by atoms with Crippen LogP contribution in [0.5, 0.6) is 5.88 Å². The lowest BCUT2D eigenvalue weighted by molar-refractivity contribution is 0.246. The first-order chi connectivity index (χ1) is 10.7. The van der Waals surface area contributed by atoms with E-state index in [2.05, 4.69) is 20.7 Å². The molecule has 2 amide bonds. The summed E-state index contributed by atoms with van der Waals surface area (Å²) in [5.41, 5.74) is 1.43. The minimum Gasteiger partial charge on any atom is -0.478 e. The van der Waals surface area contributed by atoms with E-state index >= 15 is 0 Å². The lowest BCUT2D eigenvalue weighted by atomic mass is 10.1. The fraction of sp³-hybridized carbons (Fsp3) is 0.400. The monoisotopic (exact) mass is 301 g/mol. The summed E-state index contributed by atoms with van der Waals surface area (Å²) in [6, 6.07) is 5.39. The van der Waals surface area contributed by atoms with Gasteiger partial charge in [0.05, 0.1) is 25.0 Å². The van der Waals surface area contributed by atoms with Crippen LogP contribution in [0, 0.1) is 5.92 Å². The van der Waals surface area contributed by atoms with Gasteiger partial charge in [-0.1, -0.05) is 6.07 Å². The maximum Gasteiger partial charge on any atom is 0.319 e. The van der Waals surface area contributed by atoms with E-state index in [1.165, 1.54) is 7.11 Å². The molecule has 3 rings (SSSR count). The SMILES string of the molecule is COc1nn(C)cc1NC(=O)NC(c1ccccn1)C1CC1. The van der Waals surface area contributed by atoms with Crippen molar-refractivity contribution >= 4 is 11.7 Å². The van der Waals surface area contributed by atoms with Gasteiger partial charge in [-0.3, -0.25) is 9.67 Å². The molecule has 1 atom stereocenters. The molecule has 2 aromatic heterocycles. The van der Waals surface area contributed by atoms with Crippen molar-refractivity contribution in [2.45, 2.75) is 18.9 Å². The molecule has 1 aliphatic carbocycles. The van der Waals surface area contributed by atoms with E-state index in [0.29, 0.717) is 17.5 Å². The molecule has 0 radical (unpaired) electrons. The van der Waals surface area contributed by atoms with Gasteiger partial charge in [0.1, 0.15) is 5.69 Å². The van der Waals surface area contributed by atoms with Crippen molar-refractivity contribution in [1.82, 2.24) is 20.1 Å². The summed E-state index contributed by atoms with van der Waals surface area (Å²) in [4.78, 5) is 16.6. The number of amides is 2. The van der Waals surface area contributed by atoms with Crippen LogP contribution < -0.4 is 15.4 Å². The van der Waals surface area contributed by atoms with E-state index in [9.17, 15) is 4.79 Å². The summed E-state index contributed by atoms with van der Waals surface area (Å²) in [5, 5.41) is 9.88. The van der Waals surface area contributed by atoms with E-state index in [4.69, 9.17) is 4.74 Å². The van der Waals surface area contributed by atoms with Crippen molar-refractivity contribution in [3.8, 4) is 5.88 Å². The van der Waals surface area contributed by atoms with Gasteiger partial charge in [0, 0.05) is 13.2 Å². The average molecular weight is 301 g/mol. The second-order valence-electron chi connectivity index (χ2n) is 5.39. The second kappa shape index (κ2) is 6.05. The third kappa shape index (κ3) is 3.19. The summed E-state index contributed by atoms with van der Waals surface area (Å²) in [5.74, 6) is 0.843.